The Hall–Kier alpha value is -4.34. The fourth-order valence-corrected chi connectivity index (χ4v) is 5.60. The first-order valence-corrected chi connectivity index (χ1v) is 13.7. The lowest BCUT2D eigenvalue weighted by molar-refractivity contribution is 0.0706. The van der Waals surface area contributed by atoms with E-state index in [0.29, 0.717) is 23.5 Å². The Bertz CT molecular complexity index is 1640. The van der Waals surface area contributed by atoms with Crippen LogP contribution in [0.2, 0.25) is 0 Å². The highest BCUT2D eigenvalue weighted by Crippen LogP contribution is 2.30. The second-order valence-corrected chi connectivity index (χ2v) is 10.8. The molecule has 2 heterocycles. The minimum absolute atomic E-state index is 0.101. The summed E-state index contributed by atoms with van der Waals surface area (Å²) in [6.07, 6.45) is 3.93. The van der Waals surface area contributed by atoms with Crippen molar-refractivity contribution >= 4 is 33.4 Å². The molecule has 0 bridgehead atoms. The molecule has 5 aromatic rings. The number of carbonyl (C=O) groups is 2. The van der Waals surface area contributed by atoms with E-state index in [-0.39, 0.29) is 11.9 Å². The molecule has 0 saturated heterocycles. The molecular formula is C30H27N5O3S. The van der Waals surface area contributed by atoms with Crippen molar-refractivity contribution in [2.45, 2.75) is 38.3 Å². The Balaban J connectivity index is 1.32. The van der Waals surface area contributed by atoms with Gasteiger partial charge in [0.15, 0.2) is 5.01 Å². The molecule has 0 spiro atoms. The SMILES string of the molecule is O=C(NO)c1ccc(Cn2nc(Cc3ccccc3)cc2-c2ccc3nc(C(=O)NC4CCC4)sc3c2)cc1. The van der Waals surface area contributed by atoms with Crippen molar-refractivity contribution in [3.63, 3.8) is 0 Å². The summed E-state index contributed by atoms with van der Waals surface area (Å²) in [5.74, 6) is -0.652. The Morgan fingerprint density at radius 2 is 1.74 bits per heavy atom. The smallest absolute Gasteiger partial charge is 0.280 e. The third-order valence-corrected chi connectivity index (χ3v) is 8.04. The van der Waals surface area contributed by atoms with Gasteiger partial charge in [0.25, 0.3) is 11.8 Å². The molecule has 0 unspecified atom stereocenters. The standard InChI is InChI=1S/C30H27N5O3S/c36-28(34-38)21-11-9-20(10-12-21)18-35-26(17-24(33-35)15-19-5-2-1-3-6-19)22-13-14-25-27(16-22)39-30(32-25)29(37)31-23-7-4-8-23/h1-3,5-6,9-14,16-17,23,38H,4,7-8,15,18H2,(H,31,37)(H,34,36). The zero-order chi connectivity index (χ0) is 26.8. The summed E-state index contributed by atoms with van der Waals surface area (Å²) in [4.78, 5) is 29.0. The van der Waals surface area contributed by atoms with Crippen molar-refractivity contribution in [3.8, 4) is 11.3 Å². The summed E-state index contributed by atoms with van der Waals surface area (Å²) in [5, 5.41) is 17.4. The number of hydroxylamine groups is 1. The van der Waals surface area contributed by atoms with E-state index in [0.717, 1.165) is 52.0 Å². The maximum absolute atomic E-state index is 12.7. The van der Waals surface area contributed by atoms with Gasteiger partial charge in [0, 0.05) is 23.6 Å². The number of carbonyl (C=O) groups excluding carboxylic acids is 2. The Morgan fingerprint density at radius 3 is 2.46 bits per heavy atom. The fourth-order valence-electron chi connectivity index (χ4n) is 4.69. The molecule has 0 atom stereocenters. The second-order valence-electron chi connectivity index (χ2n) is 9.78. The lowest BCUT2D eigenvalue weighted by Gasteiger charge is -2.25. The van der Waals surface area contributed by atoms with E-state index in [1.54, 1.807) is 17.6 Å². The quantitative estimate of drug-likeness (QED) is 0.186. The molecule has 1 aliphatic carbocycles. The number of fused-ring (bicyclic) bond motifs is 1. The predicted molar refractivity (Wildman–Crippen MR) is 150 cm³/mol. The highest BCUT2D eigenvalue weighted by molar-refractivity contribution is 7.20. The van der Waals surface area contributed by atoms with Gasteiger partial charge in [-0.3, -0.25) is 19.5 Å². The summed E-state index contributed by atoms with van der Waals surface area (Å²) in [5.41, 5.74) is 7.86. The van der Waals surface area contributed by atoms with Crippen molar-refractivity contribution in [1.29, 1.82) is 0 Å². The number of hydrogen-bond acceptors (Lipinski definition) is 6. The van der Waals surface area contributed by atoms with Crippen LogP contribution >= 0.6 is 11.3 Å². The van der Waals surface area contributed by atoms with Gasteiger partial charge in [-0.2, -0.15) is 5.10 Å². The van der Waals surface area contributed by atoms with Crippen molar-refractivity contribution < 1.29 is 14.8 Å². The summed E-state index contributed by atoms with van der Waals surface area (Å²) in [6, 6.07) is 25.7. The van der Waals surface area contributed by atoms with E-state index in [2.05, 4.69) is 34.6 Å². The van der Waals surface area contributed by atoms with Crippen LogP contribution in [-0.4, -0.2) is 37.8 Å². The molecule has 2 amide bonds. The van der Waals surface area contributed by atoms with Gasteiger partial charge in [0.1, 0.15) is 0 Å². The summed E-state index contributed by atoms with van der Waals surface area (Å²) < 4.78 is 2.91. The second kappa shape index (κ2) is 10.8. The van der Waals surface area contributed by atoms with Gasteiger partial charge in [-0.15, -0.1) is 11.3 Å². The summed E-state index contributed by atoms with van der Waals surface area (Å²) >= 11 is 1.41. The summed E-state index contributed by atoms with van der Waals surface area (Å²) in [6.45, 7) is 0.501. The highest BCUT2D eigenvalue weighted by Gasteiger charge is 2.22. The van der Waals surface area contributed by atoms with Gasteiger partial charge in [-0.05, 0) is 60.7 Å². The maximum Gasteiger partial charge on any atom is 0.280 e. The number of amides is 2. The maximum atomic E-state index is 12.7. The molecule has 1 aliphatic rings. The molecule has 9 heteroatoms. The van der Waals surface area contributed by atoms with Crippen LogP contribution in [0, 0.1) is 0 Å². The Morgan fingerprint density at radius 1 is 0.949 bits per heavy atom. The number of nitrogens with zero attached hydrogens (tertiary/aromatic N) is 3. The van der Waals surface area contributed by atoms with Crippen LogP contribution in [-0.2, 0) is 13.0 Å². The Kier molecular flexibility index (Phi) is 6.91. The van der Waals surface area contributed by atoms with Crippen molar-refractivity contribution in [3.05, 3.63) is 106 Å². The minimum atomic E-state index is -0.551. The largest absolute Gasteiger partial charge is 0.347 e. The molecule has 196 valence electrons. The predicted octanol–water partition coefficient (Wildman–Crippen LogP) is 5.20. The molecular weight excluding hydrogens is 510 g/mol. The van der Waals surface area contributed by atoms with E-state index in [1.165, 1.54) is 16.9 Å². The molecule has 0 aliphatic heterocycles. The molecule has 3 aromatic carbocycles. The topological polar surface area (TPSA) is 109 Å². The van der Waals surface area contributed by atoms with E-state index >= 15 is 0 Å². The molecule has 2 aromatic heterocycles. The van der Waals surface area contributed by atoms with E-state index < -0.39 is 5.91 Å². The number of benzene rings is 3. The van der Waals surface area contributed by atoms with Crippen LogP contribution in [0.3, 0.4) is 0 Å². The molecule has 39 heavy (non-hydrogen) atoms. The molecule has 1 saturated carbocycles. The van der Waals surface area contributed by atoms with Gasteiger partial charge >= 0.3 is 0 Å². The van der Waals surface area contributed by atoms with Crippen LogP contribution in [0.1, 0.15) is 56.2 Å². The van der Waals surface area contributed by atoms with Gasteiger partial charge in [0.2, 0.25) is 0 Å². The minimum Gasteiger partial charge on any atom is -0.347 e. The van der Waals surface area contributed by atoms with Crippen molar-refractivity contribution in [2.24, 2.45) is 0 Å². The van der Waals surface area contributed by atoms with Crippen molar-refractivity contribution in [1.82, 2.24) is 25.6 Å². The van der Waals surface area contributed by atoms with Crippen LogP contribution in [0.25, 0.3) is 21.5 Å². The number of thiazole rings is 1. The summed E-state index contributed by atoms with van der Waals surface area (Å²) in [7, 11) is 0. The number of aromatic nitrogens is 3. The van der Waals surface area contributed by atoms with Crippen LogP contribution in [0.5, 0.6) is 0 Å². The van der Waals surface area contributed by atoms with Gasteiger partial charge in [0.05, 0.1) is 28.1 Å². The first kappa shape index (κ1) is 25.0. The number of nitrogens with one attached hydrogen (secondary N) is 2. The monoisotopic (exact) mass is 537 g/mol. The number of rotatable bonds is 8. The Labute approximate surface area is 229 Å². The van der Waals surface area contributed by atoms with E-state index in [1.807, 2.05) is 47.1 Å². The van der Waals surface area contributed by atoms with Crippen LogP contribution in [0.15, 0.2) is 78.9 Å². The first-order chi connectivity index (χ1) is 19.1. The van der Waals surface area contributed by atoms with E-state index in [4.69, 9.17) is 10.3 Å². The molecule has 1 fully saturated rings. The van der Waals surface area contributed by atoms with Gasteiger partial charge in [-0.1, -0.05) is 48.5 Å². The zero-order valence-electron chi connectivity index (χ0n) is 21.1. The molecule has 0 radical (unpaired) electrons. The lowest BCUT2D eigenvalue weighted by atomic mass is 9.93. The third-order valence-electron chi connectivity index (χ3n) is 7.03. The van der Waals surface area contributed by atoms with Gasteiger partial charge < -0.3 is 5.32 Å². The van der Waals surface area contributed by atoms with E-state index in [9.17, 15) is 9.59 Å². The average molecular weight is 538 g/mol. The molecule has 8 nitrogen and oxygen atoms in total. The normalized spacial score (nSPS) is 13.3. The first-order valence-electron chi connectivity index (χ1n) is 12.9. The third kappa shape index (κ3) is 5.45. The van der Waals surface area contributed by atoms with Crippen molar-refractivity contribution in [2.75, 3.05) is 0 Å². The average Bonchev–Trinajstić information content (AvgIpc) is 3.54. The molecule has 6 rings (SSSR count). The highest BCUT2D eigenvalue weighted by atomic mass is 32.1. The fraction of sp³-hybridized carbons (Fsp3) is 0.200. The van der Waals surface area contributed by atoms with Crippen LogP contribution in [0.4, 0.5) is 0 Å². The van der Waals surface area contributed by atoms with Crippen LogP contribution < -0.4 is 10.8 Å². The number of hydrogen-bond donors (Lipinski definition) is 3. The zero-order valence-corrected chi connectivity index (χ0v) is 21.9. The molecule has 3 N–H and O–H groups in total. The van der Waals surface area contributed by atoms with Gasteiger partial charge in [-0.25, -0.2) is 10.5 Å². The lowest BCUT2D eigenvalue weighted by Crippen LogP contribution is -2.39.